The van der Waals surface area contributed by atoms with E-state index < -0.39 is 0 Å². The Hall–Kier alpha value is -0.0400. The highest BCUT2D eigenvalue weighted by Crippen LogP contribution is 2.60. The summed E-state index contributed by atoms with van der Waals surface area (Å²) in [5.74, 6) is 2.64. The number of halogens is 1. The van der Waals surface area contributed by atoms with Crippen LogP contribution in [0.25, 0.3) is 0 Å². The van der Waals surface area contributed by atoms with Crippen LogP contribution in [0.2, 0.25) is 0 Å². The highest BCUT2D eigenvalue weighted by atomic mass is 127. The lowest BCUT2D eigenvalue weighted by Crippen LogP contribution is -2.69. The van der Waals surface area contributed by atoms with E-state index >= 15 is 0 Å². The van der Waals surface area contributed by atoms with Gasteiger partial charge in [-0.25, -0.2) is 0 Å². The number of rotatable bonds is 2. The molecule has 0 aromatic rings. The van der Waals surface area contributed by atoms with Gasteiger partial charge >= 0.3 is 0 Å². The van der Waals surface area contributed by atoms with Crippen molar-refractivity contribution >= 4 is 29.9 Å². The number of hydrogen-bond donors (Lipinski definition) is 2. The van der Waals surface area contributed by atoms with E-state index in [9.17, 15) is 0 Å². The van der Waals surface area contributed by atoms with Gasteiger partial charge in [-0.2, -0.15) is 0 Å². The second-order valence-corrected chi connectivity index (χ2v) is 8.48. The molecule has 1 aliphatic heterocycles. The van der Waals surface area contributed by atoms with Gasteiger partial charge in [-0.3, -0.25) is 4.99 Å². The maximum Gasteiger partial charge on any atom is 0.191 e. The minimum absolute atomic E-state index is 0. The Balaban J connectivity index is 0.00000169. The Morgan fingerprint density at radius 2 is 1.75 bits per heavy atom. The first-order valence-electron chi connectivity index (χ1n) is 9.84. The van der Waals surface area contributed by atoms with Crippen LogP contribution >= 0.6 is 24.0 Å². The molecule has 0 bridgehead atoms. The molecule has 4 aliphatic rings. The van der Waals surface area contributed by atoms with Gasteiger partial charge < -0.3 is 15.4 Å². The van der Waals surface area contributed by atoms with E-state index in [2.05, 4.69) is 22.5 Å². The van der Waals surface area contributed by atoms with Crippen LogP contribution in [0.1, 0.15) is 64.7 Å². The summed E-state index contributed by atoms with van der Waals surface area (Å²) >= 11 is 0. The third-order valence-electron chi connectivity index (χ3n) is 7.16. The van der Waals surface area contributed by atoms with E-state index in [1.165, 1.54) is 57.8 Å². The van der Waals surface area contributed by atoms with Crippen LogP contribution < -0.4 is 10.6 Å². The van der Waals surface area contributed by atoms with E-state index in [4.69, 9.17) is 4.74 Å². The first kappa shape index (κ1) is 18.7. The number of nitrogens with zero attached hydrogens (tertiary/aromatic N) is 1. The van der Waals surface area contributed by atoms with Crippen LogP contribution in [-0.4, -0.2) is 37.8 Å². The number of aliphatic imine (C=N–C) groups is 1. The van der Waals surface area contributed by atoms with Gasteiger partial charge in [0.05, 0.1) is 6.10 Å². The number of fused-ring (bicyclic) bond motifs is 2. The van der Waals surface area contributed by atoms with Crippen LogP contribution in [0.4, 0.5) is 0 Å². The van der Waals surface area contributed by atoms with Gasteiger partial charge in [0.1, 0.15) is 0 Å². The molecular weight excluding hydrogens is 413 g/mol. The molecule has 1 heterocycles. The highest BCUT2D eigenvalue weighted by Gasteiger charge is 2.65. The van der Waals surface area contributed by atoms with Crippen LogP contribution in [0, 0.1) is 17.3 Å². The second-order valence-electron chi connectivity index (χ2n) is 8.48. The molecule has 2 N–H and O–H groups in total. The van der Waals surface area contributed by atoms with Crippen LogP contribution in [-0.2, 0) is 4.74 Å². The van der Waals surface area contributed by atoms with Gasteiger partial charge in [-0.05, 0) is 50.9 Å². The van der Waals surface area contributed by atoms with Crippen molar-refractivity contribution in [2.75, 3.05) is 13.7 Å². The van der Waals surface area contributed by atoms with Crippen molar-refractivity contribution in [1.82, 2.24) is 10.6 Å². The van der Waals surface area contributed by atoms with Gasteiger partial charge in [-0.15, -0.1) is 24.0 Å². The Morgan fingerprint density at radius 1 is 1.04 bits per heavy atom. The average Bonchev–Trinajstić information content (AvgIpc) is 3.21. The molecule has 4 rings (SSSR count). The number of ether oxygens (including phenoxy) is 1. The summed E-state index contributed by atoms with van der Waals surface area (Å²) in [4.78, 5) is 4.55. The van der Waals surface area contributed by atoms with Gasteiger partial charge in [0.25, 0.3) is 0 Å². The van der Waals surface area contributed by atoms with Gasteiger partial charge in [0.2, 0.25) is 0 Å². The Morgan fingerprint density at radius 3 is 2.42 bits per heavy atom. The fourth-order valence-electron chi connectivity index (χ4n) is 5.82. The predicted molar refractivity (Wildman–Crippen MR) is 109 cm³/mol. The maximum atomic E-state index is 6.10. The summed E-state index contributed by atoms with van der Waals surface area (Å²) in [6.07, 6.45) is 12.4. The van der Waals surface area contributed by atoms with Crippen molar-refractivity contribution in [3.8, 4) is 0 Å². The summed E-state index contributed by atoms with van der Waals surface area (Å²) < 4.78 is 6.10. The Labute approximate surface area is 164 Å². The Kier molecular flexibility index (Phi) is 6.00. The fourth-order valence-corrected chi connectivity index (χ4v) is 5.82. The zero-order valence-corrected chi connectivity index (χ0v) is 17.6. The summed E-state index contributed by atoms with van der Waals surface area (Å²) in [7, 11) is 1.92. The molecule has 4 fully saturated rings. The zero-order chi connectivity index (χ0) is 15.9. The van der Waals surface area contributed by atoms with Gasteiger partial charge in [-0.1, -0.05) is 19.8 Å². The molecule has 3 unspecified atom stereocenters. The van der Waals surface area contributed by atoms with Crippen LogP contribution in [0.3, 0.4) is 0 Å². The van der Waals surface area contributed by atoms with Gasteiger partial charge in [0.15, 0.2) is 5.96 Å². The predicted octanol–water partition coefficient (Wildman–Crippen LogP) is 3.70. The molecule has 1 saturated heterocycles. The van der Waals surface area contributed by atoms with Crippen LogP contribution in [0.5, 0.6) is 0 Å². The summed E-state index contributed by atoms with van der Waals surface area (Å²) in [6.45, 7) is 3.34. The standard InChI is InChI=1S/C19H33N3O.HI/c1-13-5-7-14(8-6-13)21-18(20-2)22-16-15-9-12-23-17(15)19(16)10-3-4-11-19;/h13-17H,3-12H2,1-2H3,(H2,20,21,22);1H. The molecule has 24 heavy (non-hydrogen) atoms. The lowest BCUT2D eigenvalue weighted by atomic mass is 9.54. The van der Waals surface area contributed by atoms with Crippen molar-refractivity contribution in [2.45, 2.75) is 82.9 Å². The fraction of sp³-hybridized carbons (Fsp3) is 0.947. The molecule has 0 amide bonds. The van der Waals surface area contributed by atoms with Crippen LogP contribution in [0.15, 0.2) is 4.99 Å². The molecule has 3 aliphatic carbocycles. The lowest BCUT2D eigenvalue weighted by Gasteiger charge is -2.57. The monoisotopic (exact) mass is 447 g/mol. The zero-order valence-electron chi connectivity index (χ0n) is 15.2. The van der Waals surface area contributed by atoms with Crippen molar-refractivity contribution in [2.24, 2.45) is 22.2 Å². The topological polar surface area (TPSA) is 45.7 Å². The third kappa shape index (κ3) is 3.19. The summed E-state index contributed by atoms with van der Waals surface area (Å²) in [6, 6.07) is 1.18. The smallest absolute Gasteiger partial charge is 0.191 e. The SMILES string of the molecule is CN=C(NC1CCC(C)CC1)NC1C2CCOC2C12CCCC2.I. The average molecular weight is 447 g/mol. The molecule has 4 nitrogen and oxygen atoms in total. The molecule has 0 aromatic heterocycles. The van der Waals surface area contributed by atoms with Gasteiger partial charge in [0, 0.05) is 37.1 Å². The minimum Gasteiger partial charge on any atom is -0.377 e. The maximum absolute atomic E-state index is 6.10. The molecule has 1 spiro atoms. The van der Waals surface area contributed by atoms with E-state index in [1.807, 2.05) is 7.05 Å². The van der Waals surface area contributed by atoms with E-state index in [0.717, 1.165) is 18.5 Å². The number of hydrogen-bond acceptors (Lipinski definition) is 2. The second kappa shape index (κ2) is 7.68. The van der Waals surface area contributed by atoms with Crippen molar-refractivity contribution < 1.29 is 4.74 Å². The normalized spacial score (nSPS) is 40.6. The molecule has 0 aromatic carbocycles. The summed E-state index contributed by atoms with van der Waals surface area (Å²) in [5.41, 5.74) is 0.403. The molecule has 3 saturated carbocycles. The number of guanidine groups is 1. The van der Waals surface area contributed by atoms with Crippen molar-refractivity contribution in [3.63, 3.8) is 0 Å². The molecule has 138 valence electrons. The van der Waals surface area contributed by atoms with Crippen molar-refractivity contribution in [1.29, 1.82) is 0 Å². The van der Waals surface area contributed by atoms with E-state index in [-0.39, 0.29) is 24.0 Å². The highest BCUT2D eigenvalue weighted by molar-refractivity contribution is 14.0. The first-order valence-corrected chi connectivity index (χ1v) is 9.84. The quantitative estimate of drug-likeness (QED) is 0.386. The van der Waals surface area contributed by atoms with Crippen molar-refractivity contribution in [3.05, 3.63) is 0 Å². The minimum atomic E-state index is 0. The molecular formula is C19H34IN3O. The molecule has 0 radical (unpaired) electrons. The molecule has 5 heteroatoms. The number of nitrogens with one attached hydrogen (secondary N) is 2. The van der Waals surface area contributed by atoms with E-state index in [0.29, 0.717) is 29.5 Å². The molecule has 3 atom stereocenters. The summed E-state index contributed by atoms with van der Waals surface area (Å²) in [5, 5.41) is 7.53. The third-order valence-corrected chi connectivity index (χ3v) is 7.16. The lowest BCUT2D eigenvalue weighted by molar-refractivity contribution is -0.125. The van der Waals surface area contributed by atoms with E-state index in [1.54, 1.807) is 0 Å². The first-order chi connectivity index (χ1) is 11.2. The largest absolute Gasteiger partial charge is 0.377 e. The Bertz CT molecular complexity index is 456.